The monoisotopic (exact) mass is 245 g/mol. The molecule has 0 aromatic heterocycles. The Bertz CT molecular complexity index is 373. The molecule has 0 bridgehead atoms. The van der Waals surface area contributed by atoms with E-state index in [0.29, 0.717) is 6.54 Å². The second-order valence-electron chi connectivity index (χ2n) is 3.63. The Kier molecular flexibility index (Phi) is 4.71. The van der Waals surface area contributed by atoms with Gasteiger partial charge in [0.1, 0.15) is 11.2 Å². The standard InChI is InChI=1S/C11H13ClFNO2/c1-14(7-10(12)11(15)16)6-8-3-2-4-9(13)5-8/h2-5,10H,6-7H2,1H3,(H,15,16). The number of carbonyl (C=O) groups is 1. The van der Waals surface area contributed by atoms with Crippen LogP contribution in [0.2, 0.25) is 0 Å². The molecule has 0 saturated carbocycles. The SMILES string of the molecule is CN(Cc1cccc(F)c1)CC(Cl)C(=O)O. The summed E-state index contributed by atoms with van der Waals surface area (Å²) in [5, 5.41) is 7.68. The summed E-state index contributed by atoms with van der Waals surface area (Å²) in [7, 11) is 1.74. The van der Waals surface area contributed by atoms with Crippen molar-refractivity contribution in [1.29, 1.82) is 0 Å². The topological polar surface area (TPSA) is 40.5 Å². The highest BCUT2D eigenvalue weighted by atomic mass is 35.5. The summed E-state index contributed by atoms with van der Waals surface area (Å²) in [4.78, 5) is 12.3. The number of hydrogen-bond acceptors (Lipinski definition) is 2. The average Bonchev–Trinajstić information content (AvgIpc) is 2.16. The molecule has 0 amide bonds. The van der Waals surface area contributed by atoms with Crippen LogP contribution in [-0.2, 0) is 11.3 Å². The zero-order valence-electron chi connectivity index (χ0n) is 8.86. The second-order valence-corrected chi connectivity index (χ2v) is 4.16. The summed E-state index contributed by atoms with van der Waals surface area (Å²) in [5.41, 5.74) is 0.789. The molecular formula is C11H13ClFNO2. The summed E-state index contributed by atoms with van der Waals surface area (Å²) in [5.74, 6) is -1.35. The number of carboxylic acid groups (broad SMARTS) is 1. The number of hydrogen-bond donors (Lipinski definition) is 1. The van der Waals surface area contributed by atoms with Gasteiger partial charge in [0.05, 0.1) is 0 Å². The molecule has 16 heavy (non-hydrogen) atoms. The van der Waals surface area contributed by atoms with Gasteiger partial charge in [-0.2, -0.15) is 0 Å². The van der Waals surface area contributed by atoms with Gasteiger partial charge in [-0.25, -0.2) is 4.39 Å². The van der Waals surface area contributed by atoms with Crippen LogP contribution in [0.4, 0.5) is 4.39 Å². The van der Waals surface area contributed by atoms with Gasteiger partial charge in [0.15, 0.2) is 0 Å². The molecule has 0 aliphatic carbocycles. The average molecular weight is 246 g/mol. The first-order valence-corrected chi connectivity index (χ1v) is 5.22. The summed E-state index contributed by atoms with van der Waals surface area (Å²) in [6.07, 6.45) is 0. The van der Waals surface area contributed by atoms with Crippen LogP contribution in [0, 0.1) is 5.82 Å². The van der Waals surface area contributed by atoms with Gasteiger partial charge in [0.25, 0.3) is 0 Å². The number of alkyl halides is 1. The summed E-state index contributed by atoms with van der Waals surface area (Å²) >= 11 is 5.59. The molecule has 3 nitrogen and oxygen atoms in total. The molecule has 5 heteroatoms. The van der Waals surface area contributed by atoms with Gasteiger partial charge < -0.3 is 10.0 Å². The lowest BCUT2D eigenvalue weighted by Crippen LogP contribution is -2.30. The Labute approximate surface area is 98.4 Å². The number of rotatable bonds is 5. The zero-order valence-corrected chi connectivity index (χ0v) is 9.62. The Morgan fingerprint density at radius 2 is 2.31 bits per heavy atom. The lowest BCUT2D eigenvalue weighted by atomic mass is 10.2. The molecule has 1 aromatic carbocycles. The molecule has 0 radical (unpaired) electrons. The van der Waals surface area contributed by atoms with Gasteiger partial charge in [-0.15, -0.1) is 11.6 Å². The van der Waals surface area contributed by atoms with E-state index in [1.807, 2.05) is 0 Å². The van der Waals surface area contributed by atoms with Gasteiger partial charge in [0.2, 0.25) is 0 Å². The molecule has 88 valence electrons. The smallest absolute Gasteiger partial charge is 0.322 e. The molecule has 0 fully saturated rings. The number of halogens is 2. The normalized spacial score (nSPS) is 12.8. The first kappa shape index (κ1) is 12.9. The van der Waals surface area contributed by atoms with E-state index in [4.69, 9.17) is 16.7 Å². The van der Waals surface area contributed by atoms with Crippen molar-refractivity contribution in [3.63, 3.8) is 0 Å². The van der Waals surface area contributed by atoms with Gasteiger partial charge in [-0.1, -0.05) is 12.1 Å². The molecule has 1 atom stereocenters. The van der Waals surface area contributed by atoms with E-state index < -0.39 is 11.3 Å². The van der Waals surface area contributed by atoms with Crippen molar-refractivity contribution in [2.75, 3.05) is 13.6 Å². The number of carboxylic acids is 1. The van der Waals surface area contributed by atoms with Crippen molar-refractivity contribution in [3.8, 4) is 0 Å². The Hall–Kier alpha value is -1.13. The maximum Gasteiger partial charge on any atom is 0.322 e. The molecule has 0 heterocycles. The summed E-state index contributed by atoms with van der Waals surface area (Å²) < 4.78 is 12.9. The fraction of sp³-hybridized carbons (Fsp3) is 0.364. The van der Waals surface area contributed by atoms with Gasteiger partial charge in [-0.05, 0) is 24.7 Å². The minimum atomic E-state index is -1.05. The van der Waals surface area contributed by atoms with Crippen molar-refractivity contribution in [2.24, 2.45) is 0 Å². The van der Waals surface area contributed by atoms with Gasteiger partial charge in [0, 0.05) is 13.1 Å². The van der Waals surface area contributed by atoms with Crippen LogP contribution in [0.15, 0.2) is 24.3 Å². The van der Waals surface area contributed by atoms with Gasteiger partial charge >= 0.3 is 5.97 Å². The van der Waals surface area contributed by atoms with E-state index in [-0.39, 0.29) is 12.4 Å². The number of benzene rings is 1. The third-order valence-electron chi connectivity index (χ3n) is 2.08. The van der Waals surface area contributed by atoms with Crippen molar-refractivity contribution in [3.05, 3.63) is 35.6 Å². The van der Waals surface area contributed by atoms with Crippen LogP contribution >= 0.6 is 11.6 Å². The van der Waals surface area contributed by atoms with E-state index in [9.17, 15) is 9.18 Å². The van der Waals surface area contributed by atoms with Crippen LogP contribution in [0.1, 0.15) is 5.56 Å². The van der Waals surface area contributed by atoms with Crippen LogP contribution in [-0.4, -0.2) is 34.9 Å². The molecule has 1 N–H and O–H groups in total. The Morgan fingerprint density at radius 1 is 1.62 bits per heavy atom. The Balaban J connectivity index is 2.51. The van der Waals surface area contributed by atoms with Crippen molar-refractivity contribution < 1.29 is 14.3 Å². The molecule has 0 aliphatic heterocycles. The summed E-state index contributed by atoms with van der Waals surface area (Å²) in [6.45, 7) is 0.682. The molecule has 1 unspecified atom stereocenters. The van der Waals surface area contributed by atoms with Crippen molar-refractivity contribution in [2.45, 2.75) is 11.9 Å². The van der Waals surface area contributed by atoms with Crippen LogP contribution in [0.5, 0.6) is 0 Å². The Morgan fingerprint density at radius 3 is 2.88 bits per heavy atom. The fourth-order valence-electron chi connectivity index (χ4n) is 1.36. The zero-order chi connectivity index (χ0) is 12.1. The number of nitrogens with zero attached hydrogens (tertiary/aromatic N) is 1. The molecule has 0 spiro atoms. The van der Waals surface area contributed by atoms with E-state index in [0.717, 1.165) is 5.56 Å². The molecule has 1 rings (SSSR count). The van der Waals surface area contributed by atoms with E-state index in [2.05, 4.69) is 0 Å². The lowest BCUT2D eigenvalue weighted by Gasteiger charge is -2.17. The predicted molar refractivity (Wildman–Crippen MR) is 60.0 cm³/mol. The highest BCUT2D eigenvalue weighted by molar-refractivity contribution is 6.29. The predicted octanol–water partition coefficient (Wildman–Crippen LogP) is 1.95. The van der Waals surface area contributed by atoms with E-state index >= 15 is 0 Å². The van der Waals surface area contributed by atoms with Crippen LogP contribution < -0.4 is 0 Å². The highest BCUT2D eigenvalue weighted by Crippen LogP contribution is 2.07. The summed E-state index contributed by atoms with van der Waals surface area (Å²) in [6, 6.07) is 6.18. The third kappa shape index (κ3) is 4.16. The molecule has 1 aromatic rings. The molecule has 0 saturated heterocycles. The first-order chi connectivity index (χ1) is 7.49. The van der Waals surface area contributed by atoms with E-state index in [1.165, 1.54) is 12.1 Å². The van der Waals surface area contributed by atoms with E-state index in [1.54, 1.807) is 24.1 Å². The first-order valence-electron chi connectivity index (χ1n) is 4.79. The maximum atomic E-state index is 12.9. The second kappa shape index (κ2) is 5.82. The van der Waals surface area contributed by atoms with Crippen LogP contribution in [0.25, 0.3) is 0 Å². The molecular weight excluding hydrogens is 233 g/mol. The van der Waals surface area contributed by atoms with Gasteiger partial charge in [-0.3, -0.25) is 4.79 Å². The maximum absolute atomic E-state index is 12.9. The minimum absolute atomic E-state index is 0.216. The lowest BCUT2D eigenvalue weighted by molar-refractivity contribution is -0.136. The molecule has 0 aliphatic rings. The highest BCUT2D eigenvalue weighted by Gasteiger charge is 2.15. The van der Waals surface area contributed by atoms with Crippen molar-refractivity contribution >= 4 is 17.6 Å². The van der Waals surface area contributed by atoms with Crippen LogP contribution in [0.3, 0.4) is 0 Å². The van der Waals surface area contributed by atoms with Crippen molar-refractivity contribution in [1.82, 2.24) is 4.90 Å². The largest absolute Gasteiger partial charge is 0.480 e. The quantitative estimate of drug-likeness (QED) is 0.806. The number of aliphatic carboxylic acids is 1. The third-order valence-corrected chi connectivity index (χ3v) is 2.41. The minimum Gasteiger partial charge on any atom is -0.480 e. The fourth-order valence-corrected chi connectivity index (χ4v) is 1.60.